The van der Waals surface area contributed by atoms with Gasteiger partial charge in [0.1, 0.15) is 6.61 Å². The summed E-state index contributed by atoms with van der Waals surface area (Å²) >= 11 is 0. The molecule has 10 nitrogen and oxygen atoms in total. The van der Waals surface area contributed by atoms with Crippen molar-refractivity contribution in [3.05, 3.63) is 46.0 Å². The quantitative estimate of drug-likeness (QED) is 0.179. The Balaban J connectivity index is 0.000000735. The standard InChI is InChI=1S/C20H30N4O2.HNO3/c1-19-9-7-16(15-5-3-2-4-6-15)13-20(19,25)10-8-17(19)14-24-26-12-11-23-18(21)22;2-1(3)4/h2-6,14,16-17,25H,7-13H2,1H3,(H4,21,22,23);(H,2,3,4)/b24-14+;/t16-,17+,19+,20-;/m0./s1. The van der Waals surface area contributed by atoms with E-state index in [1.165, 1.54) is 5.56 Å². The van der Waals surface area contributed by atoms with E-state index in [9.17, 15) is 5.11 Å². The molecule has 166 valence electrons. The number of guanidine groups is 1. The highest BCUT2D eigenvalue weighted by Gasteiger charge is 2.58. The van der Waals surface area contributed by atoms with Crippen LogP contribution in [0.1, 0.15) is 50.5 Å². The van der Waals surface area contributed by atoms with Crippen molar-refractivity contribution in [3.8, 4) is 0 Å². The van der Waals surface area contributed by atoms with Crippen LogP contribution in [-0.4, -0.2) is 46.3 Å². The Hall–Kier alpha value is -2.88. The van der Waals surface area contributed by atoms with Crippen LogP contribution in [0.5, 0.6) is 0 Å². The summed E-state index contributed by atoms with van der Waals surface area (Å²) < 4.78 is 0. The monoisotopic (exact) mass is 421 g/mol. The first kappa shape index (κ1) is 23.4. The van der Waals surface area contributed by atoms with Gasteiger partial charge < -0.3 is 26.6 Å². The molecule has 0 bridgehead atoms. The molecule has 0 aliphatic heterocycles. The van der Waals surface area contributed by atoms with Crippen molar-refractivity contribution in [1.82, 2.24) is 0 Å². The Morgan fingerprint density at radius 1 is 1.33 bits per heavy atom. The molecule has 30 heavy (non-hydrogen) atoms. The van der Waals surface area contributed by atoms with Crippen LogP contribution in [0.3, 0.4) is 0 Å². The van der Waals surface area contributed by atoms with Gasteiger partial charge in [-0.1, -0.05) is 42.4 Å². The molecule has 6 N–H and O–H groups in total. The van der Waals surface area contributed by atoms with Gasteiger partial charge in [-0.05, 0) is 43.6 Å². The molecule has 0 aromatic heterocycles. The average molecular weight is 421 g/mol. The maximum absolute atomic E-state index is 11.4. The lowest BCUT2D eigenvalue weighted by atomic mass is 9.59. The van der Waals surface area contributed by atoms with Gasteiger partial charge in [0.05, 0.1) is 12.1 Å². The van der Waals surface area contributed by atoms with Crippen LogP contribution in [0.4, 0.5) is 0 Å². The third kappa shape index (κ3) is 5.82. The molecular formula is C20H31N5O5. The van der Waals surface area contributed by atoms with Crippen LogP contribution < -0.4 is 11.5 Å². The molecule has 3 rings (SSSR count). The van der Waals surface area contributed by atoms with Gasteiger partial charge in [0.25, 0.3) is 5.09 Å². The lowest BCUT2D eigenvalue weighted by molar-refractivity contribution is -0.742. The molecule has 0 saturated heterocycles. The van der Waals surface area contributed by atoms with Crippen molar-refractivity contribution in [1.29, 1.82) is 0 Å². The first-order chi connectivity index (χ1) is 14.2. The molecular weight excluding hydrogens is 390 g/mol. The molecule has 0 heterocycles. The third-order valence-corrected chi connectivity index (χ3v) is 6.41. The Kier molecular flexibility index (Phi) is 7.99. The largest absolute Gasteiger partial charge is 0.394 e. The Morgan fingerprint density at radius 2 is 2.00 bits per heavy atom. The second-order valence-corrected chi connectivity index (χ2v) is 8.08. The zero-order valence-electron chi connectivity index (χ0n) is 17.2. The van der Waals surface area contributed by atoms with E-state index in [4.69, 9.17) is 31.6 Å². The summed E-state index contributed by atoms with van der Waals surface area (Å²) in [4.78, 5) is 17.5. The lowest BCUT2D eigenvalue weighted by Crippen LogP contribution is -2.49. The molecule has 1 aromatic rings. The summed E-state index contributed by atoms with van der Waals surface area (Å²) in [7, 11) is 0. The maximum Gasteiger partial charge on any atom is 0.291 e. The number of nitrogens with zero attached hydrogens (tertiary/aromatic N) is 3. The van der Waals surface area contributed by atoms with Crippen LogP contribution in [0.15, 0.2) is 40.5 Å². The average Bonchev–Trinajstić information content (AvgIpc) is 2.95. The van der Waals surface area contributed by atoms with Crippen molar-refractivity contribution in [2.75, 3.05) is 13.2 Å². The number of fused-ring (bicyclic) bond motifs is 1. The number of hydrogen-bond acceptors (Lipinski definition) is 6. The summed E-state index contributed by atoms with van der Waals surface area (Å²) in [5.74, 6) is 0.717. The predicted molar refractivity (Wildman–Crippen MR) is 113 cm³/mol. The zero-order valence-corrected chi connectivity index (χ0v) is 17.2. The molecule has 10 heteroatoms. The van der Waals surface area contributed by atoms with Crippen molar-refractivity contribution >= 4 is 12.2 Å². The van der Waals surface area contributed by atoms with E-state index in [0.29, 0.717) is 19.1 Å². The van der Waals surface area contributed by atoms with Gasteiger partial charge in [0.2, 0.25) is 0 Å². The van der Waals surface area contributed by atoms with E-state index in [1.54, 1.807) is 0 Å². The van der Waals surface area contributed by atoms with Gasteiger partial charge >= 0.3 is 0 Å². The zero-order chi connectivity index (χ0) is 22.2. The summed E-state index contributed by atoms with van der Waals surface area (Å²) in [6.45, 7) is 2.94. The topological polar surface area (TPSA) is 170 Å². The van der Waals surface area contributed by atoms with Crippen molar-refractivity contribution < 1.29 is 20.2 Å². The number of oxime groups is 1. The fourth-order valence-electron chi connectivity index (χ4n) is 4.71. The maximum atomic E-state index is 11.4. The number of hydrogen-bond donors (Lipinski definition) is 4. The number of nitrogens with two attached hydrogens (primary N) is 2. The third-order valence-electron chi connectivity index (χ3n) is 6.41. The van der Waals surface area contributed by atoms with Gasteiger partial charge in [-0.3, -0.25) is 0 Å². The summed E-state index contributed by atoms with van der Waals surface area (Å²) in [5.41, 5.74) is 11.1. The van der Waals surface area contributed by atoms with Crippen molar-refractivity contribution in [2.45, 2.75) is 50.5 Å². The van der Waals surface area contributed by atoms with Crippen molar-refractivity contribution in [2.24, 2.45) is 32.9 Å². The fourth-order valence-corrected chi connectivity index (χ4v) is 4.71. The summed E-state index contributed by atoms with van der Waals surface area (Å²) in [6.07, 6.45) is 6.54. The molecule has 2 aliphatic carbocycles. The number of rotatable bonds is 6. The van der Waals surface area contributed by atoms with Gasteiger partial charge in [-0.25, -0.2) is 4.99 Å². The highest BCUT2D eigenvalue weighted by Crippen LogP contribution is 2.60. The van der Waals surface area contributed by atoms with Gasteiger partial charge in [-0.2, -0.15) is 0 Å². The van der Waals surface area contributed by atoms with Gasteiger partial charge in [0.15, 0.2) is 5.96 Å². The Morgan fingerprint density at radius 3 is 2.63 bits per heavy atom. The number of aliphatic imine (C=N–C) groups is 1. The molecule has 0 radical (unpaired) electrons. The van der Waals surface area contributed by atoms with Crippen LogP contribution in [0, 0.1) is 21.4 Å². The second kappa shape index (κ2) is 10.2. The van der Waals surface area contributed by atoms with Crippen LogP contribution >= 0.6 is 0 Å². The molecule has 2 aliphatic rings. The summed E-state index contributed by atoms with van der Waals surface area (Å²) in [5, 5.41) is 29.2. The van der Waals surface area contributed by atoms with E-state index in [1.807, 2.05) is 12.3 Å². The molecule has 1 aromatic carbocycles. The highest BCUT2D eigenvalue weighted by atomic mass is 16.9. The van der Waals surface area contributed by atoms with Crippen LogP contribution in [0.25, 0.3) is 0 Å². The Labute approximate surface area is 175 Å². The lowest BCUT2D eigenvalue weighted by Gasteiger charge is -2.48. The van der Waals surface area contributed by atoms with Gasteiger partial charge in [0, 0.05) is 17.5 Å². The molecule has 4 atom stereocenters. The smallest absolute Gasteiger partial charge is 0.291 e. The predicted octanol–water partition coefficient (Wildman–Crippen LogP) is 2.03. The molecule has 0 spiro atoms. The molecule has 2 saturated carbocycles. The first-order valence-corrected chi connectivity index (χ1v) is 9.99. The van der Waals surface area contributed by atoms with Crippen LogP contribution in [0.2, 0.25) is 0 Å². The highest BCUT2D eigenvalue weighted by molar-refractivity contribution is 5.75. The number of benzene rings is 1. The van der Waals surface area contributed by atoms with E-state index in [2.05, 4.69) is 41.3 Å². The first-order valence-electron chi connectivity index (χ1n) is 9.99. The minimum atomic E-state index is -1.50. The summed E-state index contributed by atoms with van der Waals surface area (Å²) in [6, 6.07) is 10.6. The fraction of sp³-hybridized carbons (Fsp3) is 0.600. The van der Waals surface area contributed by atoms with E-state index in [0.717, 1.165) is 32.1 Å². The number of aliphatic hydroxyl groups is 1. The second-order valence-electron chi connectivity index (χ2n) is 8.08. The minimum absolute atomic E-state index is 0.0566. The van der Waals surface area contributed by atoms with E-state index >= 15 is 0 Å². The van der Waals surface area contributed by atoms with E-state index in [-0.39, 0.29) is 17.3 Å². The Bertz CT molecular complexity index is 751. The van der Waals surface area contributed by atoms with Crippen molar-refractivity contribution in [3.63, 3.8) is 0 Å². The minimum Gasteiger partial charge on any atom is -0.394 e. The molecule has 2 fully saturated rings. The molecule has 0 amide bonds. The normalized spacial score (nSPS) is 30.1. The van der Waals surface area contributed by atoms with Crippen LogP contribution in [-0.2, 0) is 4.84 Å². The van der Waals surface area contributed by atoms with Gasteiger partial charge in [-0.15, -0.1) is 10.1 Å². The molecule has 0 unspecified atom stereocenters. The van der Waals surface area contributed by atoms with E-state index < -0.39 is 10.7 Å². The SMILES string of the molecule is C[C@]12CC[C@H](c3ccccc3)C[C@@]1(O)CC[C@@H]2/C=N/OCCN=C(N)N.O=[N+]([O-])O.